The number of hydrogen-bond acceptors (Lipinski definition) is 2. The second kappa shape index (κ2) is 5.40. The molecular formula is C12H16BrNO. The Labute approximate surface area is 99.2 Å². The van der Waals surface area contributed by atoms with Crippen LogP contribution >= 0.6 is 15.9 Å². The average Bonchev–Trinajstić information content (AvgIpc) is 2.16. The fraction of sp³-hybridized carbons (Fsp3) is 0.500. The molecule has 0 saturated heterocycles. The minimum atomic E-state index is 0.115. The zero-order chi connectivity index (χ0) is 11.4. The van der Waals surface area contributed by atoms with Crippen LogP contribution in [0, 0.1) is 11.8 Å². The summed E-state index contributed by atoms with van der Waals surface area (Å²) in [5, 5.41) is 0. The Balaban J connectivity index is 2.66. The van der Waals surface area contributed by atoms with Crippen LogP contribution in [0.1, 0.15) is 26.3 Å². The molecule has 1 aromatic heterocycles. The van der Waals surface area contributed by atoms with E-state index in [1.807, 2.05) is 13.0 Å². The number of halogens is 1. The molecule has 0 amide bonds. The van der Waals surface area contributed by atoms with Crippen molar-refractivity contribution in [2.75, 3.05) is 0 Å². The van der Waals surface area contributed by atoms with Gasteiger partial charge in [-0.15, -0.1) is 0 Å². The van der Waals surface area contributed by atoms with Crippen molar-refractivity contribution in [3.05, 3.63) is 28.5 Å². The van der Waals surface area contributed by atoms with E-state index in [-0.39, 0.29) is 11.7 Å². The van der Waals surface area contributed by atoms with Gasteiger partial charge in [-0.3, -0.25) is 9.78 Å². The van der Waals surface area contributed by atoms with Crippen LogP contribution < -0.4 is 0 Å². The van der Waals surface area contributed by atoms with Crippen molar-refractivity contribution >= 4 is 21.7 Å². The van der Waals surface area contributed by atoms with E-state index in [1.54, 1.807) is 12.4 Å². The van der Waals surface area contributed by atoms with Gasteiger partial charge in [0.1, 0.15) is 5.78 Å². The Kier molecular flexibility index (Phi) is 4.45. The van der Waals surface area contributed by atoms with Gasteiger partial charge in [0.2, 0.25) is 0 Å². The summed E-state index contributed by atoms with van der Waals surface area (Å²) < 4.78 is 0.921. The number of rotatable bonds is 4. The Hall–Kier alpha value is -0.700. The van der Waals surface area contributed by atoms with Gasteiger partial charge < -0.3 is 0 Å². The van der Waals surface area contributed by atoms with Crippen LogP contribution in [0.15, 0.2) is 22.9 Å². The van der Waals surface area contributed by atoms with E-state index < -0.39 is 0 Å². The van der Waals surface area contributed by atoms with Crippen LogP contribution in [0.2, 0.25) is 0 Å². The molecule has 3 heteroatoms. The van der Waals surface area contributed by atoms with E-state index in [0.29, 0.717) is 12.3 Å². The maximum absolute atomic E-state index is 11.8. The van der Waals surface area contributed by atoms with Crippen LogP contribution in [0.5, 0.6) is 0 Å². The summed E-state index contributed by atoms with van der Waals surface area (Å²) in [5.41, 5.74) is 0.974. The van der Waals surface area contributed by atoms with Gasteiger partial charge in [0.05, 0.1) is 0 Å². The molecule has 15 heavy (non-hydrogen) atoms. The predicted molar refractivity (Wildman–Crippen MR) is 64.7 cm³/mol. The highest BCUT2D eigenvalue weighted by Crippen LogP contribution is 2.15. The zero-order valence-corrected chi connectivity index (χ0v) is 10.9. The Morgan fingerprint density at radius 2 is 2.07 bits per heavy atom. The fourth-order valence-electron chi connectivity index (χ4n) is 1.29. The molecule has 0 aromatic carbocycles. The maximum atomic E-state index is 11.8. The van der Waals surface area contributed by atoms with E-state index >= 15 is 0 Å². The van der Waals surface area contributed by atoms with Crippen LogP contribution in [0.25, 0.3) is 0 Å². The number of carbonyl (C=O) groups is 1. The molecular weight excluding hydrogens is 254 g/mol. The summed E-state index contributed by atoms with van der Waals surface area (Å²) >= 11 is 3.34. The molecule has 0 fully saturated rings. The third-order valence-corrected chi connectivity index (χ3v) is 3.08. The number of pyridine rings is 1. The van der Waals surface area contributed by atoms with Gasteiger partial charge in [-0.25, -0.2) is 0 Å². The van der Waals surface area contributed by atoms with Crippen molar-refractivity contribution < 1.29 is 4.79 Å². The molecule has 0 spiro atoms. The zero-order valence-electron chi connectivity index (χ0n) is 9.33. The average molecular weight is 270 g/mol. The molecule has 1 unspecified atom stereocenters. The SMILES string of the molecule is CC(C)C(C)C(=O)Cc1cncc(Br)c1. The summed E-state index contributed by atoms with van der Waals surface area (Å²) in [7, 11) is 0. The number of Topliss-reactive ketones (excluding diaryl/α,β-unsaturated/α-hetero) is 1. The molecule has 0 aliphatic carbocycles. The van der Waals surface area contributed by atoms with Gasteiger partial charge in [0, 0.05) is 29.2 Å². The number of ketones is 1. The second-order valence-electron chi connectivity index (χ2n) is 4.19. The van der Waals surface area contributed by atoms with Crippen molar-refractivity contribution in [3.63, 3.8) is 0 Å². The lowest BCUT2D eigenvalue weighted by molar-refractivity contribution is -0.122. The number of hydrogen-bond donors (Lipinski definition) is 0. The van der Waals surface area contributed by atoms with Gasteiger partial charge in [-0.1, -0.05) is 20.8 Å². The summed E-state index contributed by atoms with van der Waals surface area (Å²) in [6.07, 6.45) is 3.95. The molecule has 0 radical (unpaired) electrons. The van der Waals surface area contributed by atoms with E-state index in [4.69, 9.17) is 0 Å². The van der Waals surface area contributed by atoms with Crippen molar-refractivity contribution in [2.24, 2.45) is 11.8 Å². The highest BCUT2D eigenvalue weighted by Gasteiger charge is 2.16. The molecule has 82 valence electrons. The Morgan fingerprint density at radius 1 is 1.40 bits per heavy atom. The first-order chi connectivity index (χ1) is 7.00. The van der Waals surface area contributed by atoms with E-state index in [1.165, 1.54) is 0 Å². The molecule has 1 rings (SSSR count). The summed E-state index contributed by atoms with van der Waals surface area (Å²) in [5.74, 6) is 0.798. The summed E-state index contributed by atoms with van der Waals surface area (Å²) in [6, 6.07) is 1.94. The third-order valence-electron chi connectivity index (χ3n) is 2.65. The van der Waals surface area contributed by atoms with Crippen molar-refractivity contribution in [1.29, 1.82) is 0 Å². The molecule has 0 aliphatic heterocycles. The molecule has 1 heterocycles. The van der Waals surface area contributed by atoms with Crippen LogP contribution in [0.4, 0.5) is 0 Å². The molecule has 0 saturated carbocycles. The van der Waals surface area contributed by atoms with Gasteiger partial charge in [-0.05, 0) is 33.5 Å². The van der Waals surface area contributed by atoms with E-state index in [2.05, 4.69) is 34.8 Å². The highest BCUT2D eigenvalue weighted by atomic mass is 79.9. The first kappa shape index (κ1) is 12.4. The monoisotopic (exact) mass is 269 g/mol. The summed E-state index contributed by atoms with van der Waals surface area (Å²) in [4.78, 5) is 15.9. The number of aromatic nitrogens is 1. The smallest absolute Gasteiger partial charge is 0.140 e. The van der Waals surface area contributed by atoms with Crippen LogP contribution in [-0.2, 0) is 11.2 Å². The minimum absolute atomic E-state index is 0.115. The fourth-order valence-corrected chi connectivity index (χ4v) is 1.70. The van der Waals surface area contributed by atoms with Crippen LogP contribution in [0.3, 0.4) is 0 Å². The largest absolute Gasteiger partial charge is 0.299 e. The predicted octanol–water partition coefficient (Wildman–Crippen LogP) is 3.25. The van der Waals surface area contributed by atoms with Crippen LogP contribution in [-0.4, -0.2) is 10.8 Å². The number of carbonyl (C=O) groups excluding carboxylic acids is 1. The Morgan fingerprint density at radius 3 is 2.60 bits per heavy atom. The maximum Gasteiger partial charge on any atom is 0.140 e. The molecule has 0 N–H and O–H groups in total. The standard InChI is InChI=1S/C12H16BrNO/c1-8(2)9(3)12(15)5-10-4-11(13)7-14-6-10/h4,6-9H,5H2,1-3H3. The minimum Gasteiger partial charge on any atom is -0.299 e. The van der Waals surface area contributed by atoms with Crippen molar-refractivity contribution in [1.82, 2.24) is 4.98 Å². The molecule has 0 aliphatic rings. The normalized spacial score (nSPS) is 12.9. The second-order valence-corrected chi connectivity index (χ2v) is 5.10. The van der Waals surface area contributed by atoms with Crippen molar-refractivity contribution in [3.8, 4) is 0 Å². The van der Waals surface area contributed by atoms with E-state index in [9.17, 15) is 4.79 Å². The Bertz CT molecular complexity index is 349. The van der Waals surface area contributed by atoms with E-state index in [0.717, 1.165) is 10.0 Å². The lowest BCUT2D eigenvalue weighted by atomic mass is 9.90. The molecule has 2 nitrogen and oxygen atoms in total. The first-order valence-electron chi connectivity index (χ1n) is 5.13. The topological polar surface area (TPSA) is 30.0 Å². The first-order valence-corrected chi connectivity index (χ1v) is 5.92. The molecule has 0 bridgehead atoms. The lowest BCUT2D eigenvalue weighted by Gasteiger charge is -2.13. The molecule has 1 aromatic rings. The third kappa shape index (κ3) is 3.74. The molecule has 1 atom stereocenters. The van der Waals surface area contributed by atoms with Gasteiger partial charge >= 0.3 is 0 Å². The summed E-state index contributed by atoms with van der Waals surface area (Å²) in [6.45, 7) is 6.13. The highest BCUT2D eigenvalue weighted by molar-refractivity contribution is 9.10. The number of nitrogens with zero attached hydrogens (tertiary/aromatic N) is 1. The quantitative estimate of drug-likeness (QED) is 0.840. The van der Waals surface area contributed by atoms with Crippen molar-refractivity contribution in [2.45, 2.75) is 27.2 Å². The van der Waals surface area contributed by atoms with Gasteiger partial charge in [-0.2, -0.15) is 0 Å². The van der Waals surface area contributed by atoms with Gasteiger partial charge in [0.25, 0.3) is 0 Å². The lowest BCUT2D eigenvalue weighted by Crippen LogP contribution is -2.18. The van der Waals surface area contributed by atoms with Gasteiger partial charge in [0.15, 0.2) is 0 Å².